The SMILES string of the molecule is COCCOc1ccc(S(=O)(=O)NCCc2ccc(OC)cc2)cc1. The van der Waals surface area contributed by atoms with Gasteiger partial charge >= 0.3 is 0 Å². The lowest BCUT2D eigenvalue weighted by Crippen LogP contribution is -2.26. The third kappa shape index (κ3) is 6.04. The van der Waals surface area contributed by atoms with E-state index in [9.17, 15) is 8.42 Å². The molecule has 0 heterocycles. The first-order valence-electron chi connectivity index (χ1n) is 7.89. The van der Waals surface area contributed by atoms with Gasteiger partial charge < -0.3 is 14.2 Å². The largest absolute Gasteiger partial charge is 0.497 e. The normalized spacial score (nSPS) is 11.3. The van der Waals surface area contributed by atoms with Gasteiger partial charge in [-0.05, 0) is 48.4 Å². The van der Waals surface area contributed by atoms with Gasteiger partial charge in [0, 0.05) is 13.7 Å². The molecule has 0 aliphatic carbocycles. The van der Waals surface area contributed by atoms with Gasteiger partial charge in [-0.3, -0.25) is 0 Å². The standard InChI is InChI=1S/C18H23NO5S/c1-22-13-14-24-17-7-9-18(10-8-17)25(20,21)19-12-11-15-3-5-16(23-2)6-4-15/h3-10,19H,11-14H2,1-2H3. The van der Waals surface area contributed by atoms with Crippen LogP contribution in [0.2, 0.25) is 0 Å². The first-order chi connectivity index (χ1) is 12.0. The van der Waals surface area contributed by atoms with E-state index in [4.69, 9.17) is 14.2 Å². The molecule has 2 aromatic carbocycles. The van der Waals surface area contributed by atoms with Crippen LogP contribution in [0.15, 0.2) is 53.4 Å². The van der Waals surface area contributed by atoms with Gasteiger partial charge in [0.15, 0.2) is 0 Å². The predicted octanol–water partition coefficient (Wildman–Crippen LogP) is 2.24. The van der Waals surface area contributed by atoms with Gasteiger partial charge in [-0.2, -0.15) is 0 Å². The molecule has 0 saturated carbocycles. The summed E-state index contributed by atoms with van der Waals surface area (Å²) in [6.07, 6.45) is 0.599. The number of benzene rings is 2. The lowest BCUT2D eigenvalue weighted by molar-refractivity contribution is 0.146. The van der Waals surface area contributed by atoms with Crippen LogP contribution in [0.5, 0.6) is 11.5 Å². The fourth-order valence-corrected chi connectivity index (χ4v) is 3.19. The Bertz CT molecular complexity index is 742. The second kappa shape index (κ2) is 9.41. The number of nitrogens with one attached hydrogen (secondary N) is 1. The fraction of sp³-hybridized carbons (Fsp3) is 0.333. The highest BCUT2D eigenvalue weighted by Gasteiger charge is 2.13. The van der Waals surface area contributed by atoms with Crippen LogP contribution in [0, 0.1) is 0 Å². The Kier molecular flexibility index (Phi) is 7.24. The first kappa shape index (κ1) is 19.2. The molecule has 0 aliphatic heterocycles. The van der Waals surface area contributed by atoms with Gasteiger partial charge in [-0.1, -0.05) is 12.1 Å². The monoisotopic (exact) mass is 365 g/mol. The Labute approximate surface area is 148 Å². The van der Waals surface area contributed by atoms with Crippen molar-refractivity contribution in [2.24, 2.45) is 0 Å². The molecule has 25 heavy (non-hydrogen) atoms. The van der Waals surface area contributed by atoms with Crippen molar-refractivity contribution >= 4 is 10.0 Å². The fourth-order valence-electron chi connectivity index (χ4n) is 2.16. The molecule has 0 fully saturated rings. The molecular weight excluding hydrogens is 342 g/mol. The maximum atomic E-state index is 12.3. The van der Waals surface area contributed by atoms with Crippen molar-refractivity contribution in [3.63, 3.8) is 0 Å². The molecule has 0 atom stereocenters. The van der Waals surface area contributed by atoms with Gasteiger partial charge in [0.25, 0.3) is 0 Å². The average molecular weight is 365 g/mol. The molecule has 0 bridgehead atoms. The minimum atomic E-state index is -3.54. The van der Waals surface area contributed by atoms with Gasteiger partial charge in [-0.25, -0.2) is 13.1 Å². The third-order valence-electron chi connectivity index (χ3n) is 3.56. The van der Waals surface area contributed by atoms with Crippen LogP contribution in [-0.2, 0) is 21.2 Å². The van der Waals surface area contributed by atoms with E-state index < -0.39 is 10.0 Å². The molecule has 0 aliphatic rings. The summed E-state index contributed by atoms with van der Waals surface area (Å²) in [7, 11) is -0.338. The summed E-state index contributed by atoms with van der Waals surface area (Å²) in [5.74, 6) is 1.38. The third-order valence-corrected chi connectivity index (χ3v) is 5.03. The van der Waals surface area contributed by atoms with Gasteiger partial charge in [-0.15, -0.1) is 0 Å². The Hall–Kier alpha value is -2.09. The van der Waals surface area contributed by atoms with Crippen molar-refractivity contribution < 1.29 is 22.6 Å². The van der Waals surface area contributed by atoms with Crippen molar-refractivity contribution in [3.8, 4) is 11.5 Å². The highest BCUT2D eigenvalue weighted by molar-refractivity contribution is 7.89. The summed E-state index contributed by atoms with van der Waals surface area (Å²) in [4.78, 5) is 0.210. The summed E-state index contributed by atoms with van der Waals surface area (Å²) in [5.41, 5.74) is 1.03. The Balaban J connectivity index is 1.87. The van der Waals surface area contributed by atoms with E-state index in [0.29, 0.717) is 31.9 Å². The van der Waals surface area contributed by atoms with E-state index in [1.54, 1.807) is 26.4 Å². The minimum Gasteiger partial charge on any atom is -0.497 e. The van der Waals surface area contributed by atoms with Crippen molar-refractivity contribution in [2.45, 2.75) is 11.3 Å². The molecule has 0 aromatic heterocycles. The summed E-state index contributed by atoms with van der Waals surface area (Å²) in [6, 6.07) is 13.9. The van der Waals surface area contributed by atoms with E-state index in [1.807, 2.05) is 24.3 Å². The number of sulfonamides is 1. The maximum absolute atomic E-state index is 12.3. The molecule has 0 spiro atoms. The van der Waals surface area contributed by atoms with E-state index >= 15 is 0 Å². The maximum Gasteiger partial charge on any atom is 0.240 e. The second-order valence-corrected chi connectivity index (χ2v) is 7.08. The lowest BCUT2D eigenvalue weighted by atomic mass is 10.1. The van der Waals surface area contributed by atoms with Crippen molar-refractivity contribution in [2.75, 3.05) is 34.0 Å². The van der Waals surface area contributed by atoms with Gasteiger partial charge in [0.2, 0.25) is 10.0 Å². The first-order valence-corrected chi connectivity index (χ1v) is 9.38. The Morgan fingerprint density at radius 2 is 1.52 bits per heavy atom. The molecular formula is C18H23NO5S. The number of methoxy groups -OCH3 is 2. The molecule has 2 aromatic rings. The van der Waals surface area contributed by atoms with Crippen molar-refractivity contribution in [1.29, 1.82) is 0 Å². The molecule has 0 saturated heterocycles. The second-order valence-electron chi connectivity index (χ2n) is 5.31. The van der Waals surface area contributed by atoms with Gasteiger partial charge in [0.05, 0.1) is 18.6 Å². The smallest absolute Gasteiger partial charge is 0.240 e. The quantitative estimate of drug-likeness (QED) is 0.654. The lowest BCUT2D eigenvalue weighted by Gasteiger charge is -2.09. The van der Waals surface area contributed by atoms with Gasteiger partial charge in [0.1, 0.15) is 18.1 Å². The zero-order chi connectivity index (χ0) is 18.1. The van der Waals surface area contributed by atoms with Crippen LogP contribution in [-0.4, -0.2) is 42.4 Å². The van der Waals surface area contributed by atoms with E-state index in [2.05, 4.69) is 4.72 Å². The Morgan fingerprint density at radius 1 is 0.880 bits per heavy atom. The molecule has 0 unspecified atom stereocenters. The van der Waals surface area contributed by atoms with Crippen LogP contribution in [0.4, 0.5) is 0 Å². The summed E-state index contributed by atoms with van der Waals surface area (Å²) < 4.78 is 42.6. The average Bonchev–Trinajstić information content (AvgIpc) is 2.63. The number of hydrogen-bond donors (Lipinski definition) is 1. The van der Waals surface area contributed by atoms with Crippen molar-refractivity contribution in [3.05, 3.63) is 54.1 Å². The minimum absolute atomic E-state index is 0.210. The summed E-state index contributed by atoms with van der Waals surface area (Å²) in [6.45, 7) is 1.22. The number of hydrogen-bond acceptors (Lipinski definition) is 5. The number of rotatable bonds is 10. The predicted molar refractivity (Wildman–Crippen MR) is 95.7 cm³/mol. The van der Waals surface area contributed by atoms with E-state index in [0.717, 1.165) is 11.3 Å². The molecule has 6 nitrogen and oxygen atoms in total. The van der Waals surface area contributed by atoms with Crippen LogP contribution in [0.1, 0.15) is 5.56 Å². The van der Waals surface area contributed by atoms with Crippen LogP contribution < -0.4 is 14.2 Å². The summed E-state index contributed by atoms with van der Waals surface area (Å²) >= 11 is 0. The molecule has 0 radical (unpaired) electrons. The van der Waals surface area contributed by atoms with E-state index in [-0.39, 0.29) is 4.90 Å². The highest BCUT2D eigenvalue weighted by atomic mass is 32.2. The van der Waals surface area contributed by atoms with Crippen molar-refractivity contribution in [1.82, 2.24) is 4.72 Å². The zero-order valence-corrected chi connectivity index (χ0v) is 15.2. The topological polar surface area (TPSA) is 73.9 Å². The summed E-state index contributed by atoms with van der Waals surface area (Å²) in [5, 5.41) is 0. The molecule has 136 valence electrons. The molecule has 7 heteroatoms. The van der Waals surface area contributed by atoms with Crippen LogP contribution in [0.3, 0.4) is 0 Å². The zero-order valence-electron chi connectivity index (χ0n) is 14.4. The highest BCUT2D eigenvalue weighted by Crippen LogP contribution is 2.16. The Morgan fingerprint density at radius 3 is 2.12 bits per heavy atom. The van der Waals surface area contributed by atoms with E-state index in [1.165, 1.54) is 12.1 Å². The number of ether oxygens (including phenoxy) is 3. The molecule has 1 N–H and O–H groups in total. The molecule has 0 amide bonds. The molecule has 2 rings (SSSR count). The van der Waals surface area contributed by atoms with Crippen LogP contribution in [0.25, 0.3) is 0 Å². The van der Waals surface area contributed by atoms with Crippen LogP contribution >= 0.6 is 0 Å².